The molecule has 0 spiro atoms. The first-order valence-corrected chi connectivity index (χ1v) is 8.02. The lowest BCUT2D eigenvalue weighted by molar-refractivity contribution is 0.759. The first-order chi connectivity index (χ1) is 7.24. The van der Waals surface area contributed by atoms with Gasteiger partial charge in [0.05, 0.1) is 10.8 Å². The second-order valence-electron chi connectivity index (χ2n) is 3.79. The van der Waals surface area contributed by atoms with Crippen LogP contribution in [-0.2, 0) is 10.7 Å². The number of halogens is 1. The quantitative estimate of drug-likeness (QED) is 0.739. The van der Waals surface area contributed by atoms with Gasteiger partial charge in [-0.05, 0) is 35.9 Å². The Morgan fingerprint density at radius 1 is 1.40 bits per heavy atom. The molecule has 1 aromatic rings. The van der Waals surface area contributed by atoms with E-state index in [1.807, 2.05) is 36.0 Å². The normalized spacial score (nSPS) is 26.8. The maximum atomic E-state index is 5.83. The van der Waals surface area contributed by atoms with Crippen LogP contribution in [0.25, 0.3) is 0 Å². The van der Waals surface area contributed by atoms with Gasteiger partial charge in [0.2, 0.25) is 0 Å². The van der Waals surface area contributed by atoms with E-state index in [1.54, 1.807) is 0 Å². The number of thioether (sulfide) groups is 1. The molecule has 1 aromatic carbocycles. The minimum atomic E-state index is 0.213. The molecule has 1 nitrogen and oxygen atoms in total. The van der Waals surface area contributed by atoms with Crippen LogP contribution < -0.4 is 0 Å². The Morgan fingerprint density at radius 3 is 2.80 bits per heavy atom. The van der Waals surface area contributed by atoms with E-state index >= 15 is 0 Å². The van der Waals surface area contributed by atoms with Crippen molar-refractivity contribution in [2.45, 2.75) is 6.92 Å². The van der Waals surface area contributed by atoms with Crippen LogP contribution >= 0.6 is 23.4 Å². The van der Waals surface area contributed by atoms with Gasteiger partial charge >= 0.3 is 0 Å². The highest BCUT2D eigenvalue weighted by Gasteiger charge is 2.12. The molecule has 0 aliphatic carbocycles. The lowest BCUT2D eigenvalue weighted by Gasteiger charge is -2.19. The van der Waals surface area contributed by atoms with Gasteiger partial charge in [-0.2, -0.15) is 0 Å². The highest BCUT2D eigenvalue weighted by Crippen LogP contribution is 2.23. The van der Waals surface area contributed by atoms with Crippen molar-refractivity contribution in [3.63, 3.8) is 0 Å². The Balaban J connectivity index is 2.11. The molecule has 2 atom stereocenters. The Labute approximate surface area is 103 Å². The molecule has 0 bridgehead atoms. The summed E-state index contributed by atoms with van der Waals surface area (Å²) in [7, 11) is 0.213. The topological polar surface area (TPSA) is 12.4 Å². The summed E-state index contributed by atoms with van der Waals surface area (Å²) in [5.74, 6) is 3.35. The molecule has 15 heavy (non-hydrogen) atoms. The number of nitrogens with zero attached hydrogens (tertiary/aromatic N) is 1. The molecule has 4 heteroatoms. The van der Waals surface area contributed by atoms with Gasteiger partial charge in [0, 0.05) is 10.8 Å². The molecule has 1 aliphatic heterocycles. The standard InChI is InChI=1S/C11H14ClNS2/c1-9-6-14-8-15(7-9)13-11-4-2-10(12)3-5-11/h2-5,9H,6-8H2,1H3/t9-,15?/m0/s1. The fourth-order valence-electron chi connectivity index (χ4n) is 1.48. The molecular weight excluding hydrogens is 246 g/mol. The molecule has 1 heterocycles. The van der Waals surface area contributed by atoms with Crippen molar-refractivity contribution in [1.29, 1.82) is 0 Å². The molecule has 0 amide bonds. The molecule has 1 fully saturated rings. The molecule has 0 radical (unpaired) electrons. The molecule has 0 saturated carbocycles. The summed E-state index contributed by atoms with van der Waals surface area (Å²) in [6.07, 6.45) is 0. The first-order valence-electron chi connectivity index (χ1n) is 4.97. The molecule has 0 N–H and O–H groups in total. The van der Waals surface area contributed by atoms with Crippen LogP contribution in [-0.4, -0.2) is 16.6 Å². The van der Waals surface area contributed by atoms with Gasteiger partial charge in [-0.15, -0.1) is 11.8 Å². The van der Waals surface area contributed by atoms with E-state index in [4.69, 9.17) is 16.0 Å². The lowest BCUT2D eigenvalue weighted by atomic mass is 10.3. The Kier molecular flexibility index (Phi) is 4.12. The molecule has 82 valence electrons. The number of hydrogen-bond donors (Lipinski definition) is 0. The highest BCUT2D eigenvalue weighted by atomic mass is 35.5. The van der Waals surface area contributed by atoms with Crippen LogP contribution in [0.15, 0.2) is 28.6 Å². The van der Waals surface area contributed by atoms with E-state index in [0.29, 0.717) is 0 Å². The van der Waals surface area contributed by atoms with Crippen LogP contribution in [0.5, 0.6) is 0 Å². The second-order valence-corrected chi connectivity index (χ2v) is 7.35. The largest absolute Gasteiger partial charge is 0.227 e. The lowest BCUT2D eigenvalue weighted by Crippen LogP contribution is -2.17. The third-order valence-corrected chi connectivity index (χ3v) is 6.39. The monoisotopic (exact) mass is 259 g/mol. The summed E-state index contributed by atoms with van der Waals surface area (Å²) in [5.41, 5.74) is 1.07. The minimum Gasteiger partial charge on any atom is -0.227 e. The predicted molar refractivity (Wildman–Crippen MR) is 72.3 cm³/mol. The predicted octanol–water partition coefficient (Wildman–Crippen LogP) is 4.11. The molecule has 1 unspecified atom stereocenters. The first kappa shape index (κ1) is 11.5. The summed E-state index contributed by atoms with van der Waals surface area (Å²) < 4.78 is 4.76. The van der Waals surface area contributed by atoms with Crippen LogP contribution in [0.1, 0.15) is 6.92 Å². The molecule has 1 saturated heterocycles. The third kappa shape index (κ3) is 3.51. The van der Waals surface area contributed by atoms with E-state index in [9.17, 15) is 0 Å². The number of rotatable bonds is 1. The van der Waals surface area contributed by atoms with Crippen LogP contribution in [0.3, 0.4) is 0 Å². The van der Waals surface area contributed by atoms with Crippen LogP contribution in [0.4, 0.5) is 5.69 Å². The average molecular weight is 260 g/mol. The molecular formula is C11H14ClNS2. The van der Waals surface area contributed by atoms with Gasteiger partial charge in [-0.25, -0.2) is 4.36 Å². The van der Waals surface area contributed by atoms with Crippen molar-refractivity contribution in [3.8, 4) is 0 Å². The smallest absolute Gasteiger partial charge is 0.0704 e. The average Bonchev–Trinajstić information content (AvgIpc) is 2.22. The molecule has 0 aromatic heterocycles. The van der Waals surface area contributed by atoms with Gasteiger partial charge in [0.1, 0.15) is 0 Å². The minimum absolute atomic E-state index is 0.213. The van der Waals surface area contributed by atoms with Crippen molar-refractivity contribution >= 4 is 39.7 Å². The zero-order valence-corrected chi connectivity index (χ0v) is 11.0. The summed E-state index contributed by atoms with van der Waals surface area (Å²) in [5, 5.41) is 1.97. The number of benzene rings is 1. The zero-order chi connectivity index (χ0) is 10.7. The van der Waals surface area contributed by atoms with E-state index in [1.165, 1.54) is 16.6 Å². The maximum Gasteiger partial charge on any atom is 0.0704 e. The second kappa shape index (κ2) is 5.37. The van der Waals surface area contributed by atoms with Crippen LogP contribution in [0, 0.1) is 5.92 Å². The van der Waals surface area contributed by atoms with Crippen molar-refractivity contribution in [3.05, 3.63) is 29.3 Å². The Bertz CT molecular complexity index is 361. The maximum absolute atomic E-state index is 5.83. The van der Waals surface area contributed by atoms with Gasteiger partial charge in [0.15, 0.2) is 0 Å². The van der Waals surface area contributed by atoms with Gasteiger partial charge < -0.3 is 0 Å². The number of hydrogen-bond acceptors (Lipinski definition) is 2. The molecule has 2 rings (SSSR count). The van der Waals surface area contributed by atoms with Crippen molar-refractivity contribution in [2.24, 2.45) is 10.3 Å². The highest BCUT2D eigenvalue weighted by molar-refractivity contribution is 8.11. The fourth-order valence-corrected chi connectivity index (χ4v) is 5.30. The fraction of sp³-hybridized carbons (Fsp3) is 0.455. The van der Waals surface area contributed by atoms with Crippen molar-refractivity contribution in [2.75, 3.05) is 16.6 Å². The molecule has 1 aliphatic rings. The summed E-state index contributed by atoms with van der Waals surface area (Å²) in [6, 6.07) is 7.81. The zero-order valence-electron chi connectivity index (χ0n) is 8.65. The van der Waals surface area contributed by atoms with Gasteiger partial charge in [0.25, 0.3) is 0 Å². The van der Waals surface area contributed by atoms with Crippen molar-refractivity contribution in [1.82, 2.24) is 0 Å². The van der Waals surface area contributed by atoms with Crippen LogP contribution in [0.2, 0.25) is 5.02 Å². The van der Waals surface area contributed by atoms with E-state index < -0.39 is 0 Å². The van der Waals surface area contributed by atoms with E-state index in [0.717, 1.165) is 16.6 Å². The van der Waals surface area contributed by atoms with E-state index in [-0.39, 0.29) is 10.7 Å². The summed E-state index contributed by atoms with van der Waals surface area (Å²) in [4.78, 5) is 0. The van der Waals surface area contributed by atoms with E-state index in [2.05, 4.69) is 6.92 Å². The van der Waals surface area contributed by atoms with Crippen molar-refractivity contribution < 1.29 is 0 Å². The SMILES string of the molecule is C[C@H]1CSCS(=Nc2ccc(Cl)cc2)C1. The van der Waals surface area contributed by atoms with Gasteiger partial charge in [-0.3, -0.25) is 0 Å². The summed E-state index contributed by atoms with van der Waals surface area (Å²) in [6.45, 7) is 2.31. The Hall–Kier alpha value is 0.01000. The third-order valence-electron chi connectivity index (χ3n) is 2.16. The Morgan fingerprint density at radius 2 is 2.13 bits per heavy atom. The van der Waals surface area contributed by atoms with Gasteiger partial charge in [-0.1, -0.05) is 29.2 Å². The summed E-state index contributed by atoms with van der Waals surface area (Å²) >= 11 is 7.86.